The number of nitrogens with zero attached hydrogens (tertiary/aromatic N) is 2. The van der Waals surface area contributed by atoms with Gasteiger partial charge in [-0.05, 0) is 29.7 Å². The van der Waals surface area contributed by atoms with Crippen molar-refractivity contribution in [3.05, 3.63) is 75.3 Å². The van der Waals surface area contributed by atoms with Crippen molar-refractivity contribution in [3.63, 3.8) is 0 Å². The molecule has 1 aromatic heterocycles. The van der Waals surface area contributed by atoms with E-state index in [1.807, 2.05) is 44.2 Å². The molecule has 0 aliphatic heterocycles. The van der Waals surface area contributed by atoms with E-state index in [9.17, 15) is 9.59 Å². The number of benzene rings is 2. The van der Waals surface area contributed by atoms with Crippen LogP contribution in [0.25, 0.3) is 10.9 Å². The lowest BCUT2D eigenvalue weighted by Crippen LogP contribution is -2.34. The summed E-state index contributed by atoms with van der Waals surface area (Å²) in [6.45, 7) is 4.09. The Morgan fingerprint density at radius 2 is 1.88 bits per heavy atom. The summed E-state index contributed by atoms with van der Waals surface area (Å²) in [5, 5.41) is 0.942. The molecule has 0 fully saturated rings. The maximum absolute atomic E-state index is 13.1. The summed E-state index contributed by atoms with van der Waals surface area (Å²) in [7, 11) is 0. The molecule has 0 bridgehead atoms. The zero-order valence-electron chi connectivity index (χ0n) is 14.6. The average molecular weight is 370 g/mol. The van der Waals surface area contributed by atoms with Gasteiger partial charge in [0.2, 0.25) is 5.91 Å². The minimum Gasteiger partial charge on any atom is -0.369 e. The number of rotatable bonds is 5. The van der Waals surface area contributed by atoms with Crippen LogP contribution in [0.4, 0.5) is 0 Å². The molecule has 0 aliphatic rings. The molecule has 1 unspecified atom stereocenters. The number of carbonyl (C=O) groups is 1. The predicted molar refractivity (Wildman–Crippen MR) is 103 cm³/mol. The van der Waals surface area contributed by atoms with Gasteiger partial charge in [0.15, 0.2) is 0 Å². The molecule has 1 amide bonds. The second-order valence-corrected chi connectivity index (χ2v) is 7.07. The van der Waals surface area contributed by atoms with Crippen molar-refractivity contribution in [1.82, 2.24) is 9.55 Å². The Bertz CT molecular complexity index is 1010. The number of carbonyl (C=O) groups excluding carboxylic acids is 1. The second kappa shape index (κ2) is 7.30. The van der Waals surface area contributed by atoms with Gasteiger partial charge in [-0.1, -0.05) is 55.8 Å². The van der Waals surface area contributed by atoms with Gasteiger partial charge in [0.1, 0.15) is 5.82 Å². The van der Waals surface area contributed by atoms with Crippen LogP contribution >= 0.6 is 11.6 Å². The molecule has 2 N–H and O–H groups in total. The average Bonchev–Trinajstić information content (AvgIpc) is 2.58. The fraction of sp³-hybridized carbons (Fsp3) is 0.250. The molecule has 0 aliphatic carbocycles. The quantitative estimate of drug-likeness (QED) is 0.749. The molecule has 1 atom stereocenters. The monoisotopic (exact) mass is 369 g/mol. The Kier molecular flexibility index (Phi) is 5.09. The molecular formula is C20H20ClN3O2. The summed E-state index contributed by atoms with van der Waals surface area (Å²) >= 11 is 6.06. The first-order chi connectivity index (χ1) is 12.4. The number of aromatic nitrogens is 2. The van der Waals surface area contributed by atoms with Crippen molar-refractivity contribution < 1.29 is 4.79 Å². The zero-order chi connectivity index (χ0) is 18.8. The SMILES string of the molecule is CC(C)C(C(N)=O)c1nc2cc(Cl)ccc2c(=O)n1Cc1ccccc1. The highest BCUT2D eigenvalue weighted by atomic mass is 35.5. The molecule has 0 radical (unpaired) electrons. The highest BCUT2D eigenvalue weighted by Crippen LogP contribution is 2.25. The van der Waals surface area contributed by atoms with E-state index in [2.05, 4.69) is 4.98 Å². The molecule has 1 heterocycles. The van der Waals surface area contributed by atoms with Gasteiger partial charge in [0.25, 0.3) is 5.56 Å². The maximum atomic E-state index is 13.1. The van der Waals surface area contributed by atoms with E-state index in [0.29, 0.717) is 28.3 Å². The van der Waals surface area contributed by atoms with Crippen LogP contribution in [0.3, 0.4) is 0 Å². The lowest BCUT2D eigenvalue weighted by atomic mass is 9.93. The highest BCUT2D eigenvalue weighted by Gasteiger charge is 2.28. The largest absolute Gasteiger partial charge is 0.369 e. The van der Waals surface area contributed by atoms with Crippen LogP contribution < -0.4 is 11.3 Å². The van der Waals surface area contributed by atoms with Crippen molar-refractivity contribution in [2.24, 2.45) is 11.7 Å². The van der Waals surface area contributed by atoms with Gasteiger partial charge >= 0.3 is 0 Å². The molecule has 0 saturated carbocycles. The molecule has 134 valence electrons. The number of halogens is 1. The van der Waals surface area contributed by atoms with Gasteiger partial charge in [-0.3, -0.25) is 14.2 Å². The minimum atomic E-state index is -0.671. The Morgan fingerprint density at radius 3 is 2.50 bits per heavy atom. The molecular weight excluding hydrogens is 350 g/mol. The van der Waals surface area contributed by atoms with Crippen molar-refractivity contribution >= 4 is 28.4 Å². The maximum Gasteiger partial charge on any atom is 0.261 e. The first kappa shape index (κ1) is 18.1. The third-order valence-electron chi connectivity index (χ3n) is 4.38. The van der Waals surface area contributed by atoms with Gasteiger partial charge in [0.05, 0.1) is 23.4 Å². The summed E-state index contributed by atoms with van der Waals surface area (Å²) in [5.41, 5.74) is 6.83. The van der Waals surface area contributed by atoms with E-state index in [0.717, 1.165) is 5.56 Å². The normalized spacial score (nSPS) is 12.5. The topological polar surface area (TPSA) is 78.0 Å². The van der Waals surface area contributed by atoms with E-state index in [1.54, 1.807) is 22.8 Å². The van der Waals surface area contributed by atoms with Crippen LogP contribution in [0.1, 0.15) is 31.2 Å². The Hall–Kier alpha value is -2.66. The molecule has 0 spiro atoms. The van der Waals surface area contributed by atoms with Crippen LogP contribution in [0, 0.1) is 5.92 Å². The van der Waals surface area contributed by atoms with Crippen LogP contribution in [0.5, 0.6) is 0 Å². The van der Waals surface area contributed by atoms with Gasteiger partial charge in [-0.25, -0.2) is 4.98 Å². The summed E-state index contributed by atoms with van der Waals surface area (Å²) < 4.78 is 1.54. The number of fused-ring (bicyclic) bond motifs is 1. The standard InChI is InChI=1S/C20H20ClN3O2/c1-12(2)17(18(22)25)19-23-16-10-14(21)8-9-15(16)20(26)24(19)11-13-6-4-3-5-7-13/h3-10,12,17H,11H2,1-2H3,(H2,22,25). The first-order valence-corrected chi connectivity index (χ1v) is 8.79. The van der Waals surface area contributed by atoms with E-state index >= 15 is 0 Å². The summed E-state index contributed by atoms with van der Waals surface area (Å²) in [5.74, 6) is -0.904. The third kappa shape index (κ3) is 3.48. The smallest absolute Gasteiger partial charge is 0.261 e. The molecule has 0 saturated heterocycles. The van der Waals surface area contributed by atoms with Crippen molar-refractivity contribution in [2.75, 3.05) is 0 Å². The number of amides is 1. The fourth-order valence-corrected chi connectivity index (χ4v) is 3.29. The molecule has 26 heavy (non-hydrogen) atoms. The number of primary amides is 1. The van der Waals surface area contributed by atoms with Crippen LogP contribution in [-0.4, -0.2) is 15.5 Å². The van der Waals surface area contributed by atoms with Gasteiger partial charge < -0.3 is 5.73 Å². The number of nitrogens with two attached hydrogens (primary N) is 1. The minimum absolute atomic E-state index is 0.0990. The summed E-state index contributed by atoms with van der Waals surface area (Å²) in [6, 6.07) is 14.5. The van der Waals surface area contributed by atoms with Gasteiger partial charge in [-0.15, -0.1) is 0 Å². The van der Waals surface area contributed by atoms with Gasteiger partial charge in [-0.2, -0.15) is 0 Å². The predicted octanol–water partition coefficient (Wildman–Crippen LogP) is 3.32. The summed E-state index contributed by atoms with van der Waals surface area (Å²) in [4.78, 5) is 29.9. The molecule has 6 heteroatoms. The van der Waals surface area contributed by atoms with Crippen molar-refractivity contribution in [2.45, 2.75) is 26.3 Å². The lowest BCUT2D eigenvalue weighted by molar-refractivity contribution is -0.120. The van der Waals surface area contributed by atoms with Gasteiger partial charge in [0, 0.05) is 5.02 Å². The van der Waals surface area contributed by atoms with Crippen LogP contribution in [-0.2, 0) is 11.3 Å². The van der Waals surface area contributed by atoms with E-state index in [4.69, 9.17) is 17.3 Å². The third-order valence-corrected chi connectivity index (χ3v) is 4.62. The van der Waals surface area contributed by atoms with E-state index < -0.39 is 11.8 Å². The Balaban J connectivity index is 2.29. The lowest BCUT2D eigenvalue weighted by Gasteiger charge is -2.22. The van der Waals surface area contributed by atoms with Crippen LogP contribution in [0.15, 0.2) is 53.3 Å². The summed E-state index contributed by atoms with van der Waals surface area (Å²) in [6.07, 6.45) is 0. The van der Waals surface area contributed by atoms with Crippen LogP contribution in [0.2, 0.25) is 5.02 Å². The van der Waals surface area contributed by atoms with E-state index in [-0.39, 0.29) is 11.5 Å². The second-order valence-electron chi connectivity index (χ2n) is 6.63. The zero-order valence-corrected chi connectivity index (χ0v) is 15.4. The first-order valence-electron chi connectivity index (χ1n) is 8.41. The Morgan fingerprint density at radius 1 is 1.19 bits per heavy atom. The molecule has 2 aromatic carbocycles. The Labute approximate surface area is 156 Å². The fourth-order valence-electron chi connectivity index (χ4n) is 3.12. The van der Waals surface area contributed by atoms with Crippen molar-refractivity contribution in [1.29, 1.82) is 0 Å². The molecule has 3 aromatic rings. The van der Waals surface area contributed by atoms with Crippen molar-refractivity contribution in [3.8, 4) is 0 Å². The number of hydrogen-bond acceptors (Lipinski definition) is 3. The van der Waals surface area contributed by atoms with E-state index in [1.165, 1.54) is 0 Å². The number of hydrogen-bond donors (Lipinski definition) is 1. The molecule has 5 nitrogen and oxygen atoms in total. The highest BCUT2D eigenvalue weighted by molar-refractivity contribution is 6.31. The molecule has 3 rings (SSSR count).